The largest absolute Gasteiger partial charge is 0.435 e. The van der Waals surface area contributed by atoms with Crippen LogP contribution in [0.5, 0.6) is 5.75 Å². The number of hydrogen-bond acceptors (Lipinski definition) is 3. The van der Waals surface area contributed by atoms with E-state index in [2.05, 4.69) is 4.74 Å². The number of nitrogens with zero attached hydrogens (tertiary/aromatic N) is 1. The molecule has 2 rings (SSSR count). The molecule has 0 aromatic heterocycles. The lowest BCUT2D eigenvalue weighted by Crippen LogP contribution is -2.37. The van der Waals surface area contributed by atoms with Crippen LogP contribution in [-0.2, 0) is 0 Å². The Bertz CT molecular complexity index is 436. The van der Waals surface area contributed by atoms with Crippen molar-refractivity contribution in [2.45, 2.75) is 25.5 Å². The van der Waals surface area contributed by atoms with Crippen molar-refractivity contribution in [2.75, 3.05) is 13.2 Å². The van der Waals surface area contributed by atoms with Gasteiger partial charge >= 0.3 is 6.61 Å². The van der Waals surface area contributed by atoms with E-state index in [4.69, 9.17) is 0 Å². The molecule has 104 valence electrons. The van der Waals surface area contributed by atoms with Crippen molar-refractivity contribution < 1.29 is 23.4 Å². The number of likely N-dealkylation sites (tertiary alicyclic amines) is 1. The van der Waals surface area contributed by atoms with Gasteiger partial charge in [-0.1, -0.05) is 0 Å². The minimum Gasteiger partial charge on any atom is -0.435 e. The summed E-state index contributed by atoms with van der Waals surface area (Å²) in [5.41, 5.74) is 0.405. The van der Waals surface area contributed by atoms with Crippen LogP contribution in [0.2, 0.25) is 0 Å². The Balaban J connectivity index is 2.07. The summed E-state index contributed by atoms with van der Waals surface area (Å²) in [6.07, 6.45) is 1.65. The van der Waals surface area contributed by atoms with Crippen LogP contribution in [0.4, 0.5) is 8.78 Å². The minimum atomic E-state index is -2.88. The Labute approximate surface area is 109 Å². The Hall–Kier alpha value is -1.69. The highest BCUT2D eigenvalue weighted by Gasteiger charge is 2.28. The number of hydrogen-bond donors (Lipinski definition) is 1. The molecular formula is C13H15F2NO3. The second-order valence-corrected chi connectivity index (χ2v) is 4.38. The summed E-state index contributed by atoms with van der Waals surface area (Å²) in [4.78, 5) is 13.8. The van der Waals surface area contributed by atoms with Crippen molar-refractivity contribution >= 4 is 5.91 Å². The van der Waals surface area contributed by atoms with Gasteiger partial charge in [-0.3, -0.25) is 4.79 Å². The zero-order chi connectivity index (χ0) is 13.8. The first kappa shape index (κ1) is 13.7. The van der Waals surface area contributed by atoms with E-state index < -0.39 is 6.61 Å². The van der Waals surface area contributed by atoms with Crippen molar-refractivity contribution in [3.05, 3.63) is 29.8 Å². The van der Waals surface area contributed by atoms with Gasteiger partial charge in [-0.15, -0.1) is 0 Å². The molecule has 4 nitrogen and oxygen atoms in total. The second kappa shape index (κ2) is 5.97. The van der Waals surface area contributed by atoms with E-state index in [1.165, 1.54) is 24.3 Å². The third kappa shape index (κ3) is 3.20. The van der Waals surface area contributed by atoms with Crippen LogP contribution in [0.15, 0.2) is 24.3 Å². The lowest BCUT2D eigenvalue weighted by atomic mass is 10.1. The van der Waals surface area contributed by atoms with Crippen molar-refractivity contribution in [1.29, 1.82) is 0 Å². The predicted molar refractivity (Wildman–Crippen MR) is 64.2 cm³/mol. The number of carbonyl (C=O) groups is 1. The molecule has 1 amide bonds. The van der Waals surface area contributed by atoms with Gasteiger partial charge in [0, 0.05) is 12.1 Å². The first-order valence-corrected chi connectivity index (χ1v) is 6.08. The number of benzene rings is 1. The fourth-order valence-electron chi connectivity index (χ4n) is 2.24. The third-order valence-corrected chi connectivity index (χ3v) is 3.18. The van der Waals surface area contributed by atoms with Crippen LogP contribution in [-0.4, -0.2) is 41.7 Å². The summed E-state index contributed by atoms with van der Waals surface area (Å²) in [5, 5.41) is 9.18. The molecule has 1 fully saturated rings. The van der Waals surface area contributed by atoms with Crippen LogP contribution < -0.4 is 4.74 Å². The monoisotopic (exact) mass is 271 g/mol. The summed E-state index contributed by atoms with van der Waals surface area (Å²) in [6.45, 7) is -2.32. The summed E-state index contributed by atoms with van der Waals surface area (Å²) in [7, 11) is 0. The molecule has 0 bridgehead atoms. The Morgan fingerprint density at radius 2 is 2.11 bits per heavy atom. The molecule has 1 saturated heterocycles. The van der Waals surface area contributed by atoms with Crippen molar-refractivity contribution in [2.24, 2.45) is 0 Å². The molecule has 19 heavy (non-hydrogen) atoms. The molecule has 1 aliphatic heterocycles. The lowest BCUT2D eigenvalue weighted by molar-refractivity contribution is -0.0498. The molecule has 1 aromatic rings. The topological polar surface area (TPSA) is 49.8 Å². The van der Waals surface area contributed by atoms with E-state index in [0.717, 1.165) is 12.8 Å². The maximum Gasteiger partial charge on any atom is 0.387 e. The molecule has 1 atom stereocenters. The molecule has 0 radical (unpaired) electrons. The van der Waals surface area contributed by atoms with E-state index in [9.17, 15) is 18.7 Å². The number of alkyl halides is 2. The van der Waals surface area contributed by atoms with Gasteiger partial charge in [-0.25, -0.2) is 0 Å². The van der Waals surface area contributed by atoms with E-state index in [-0.39, 0.29) is 24.3 Å². The summed E-state index contributed by atoms with van der Waals surface area (Å²) < 4.78 is 28.2. The van der Waals surface area contributed by atoms with Crippen molar-refractivity contribution in [3.63, 3.8) is 0 Å². The molecule has 1 aromatic carbocycles. The van der Waals surface area contributed by atoms with Gasteiger partial charge in [0.05, 0.1) is 12.6 Å². The van der Waals surface area contributed by atoms with E-state index >= 15 is 0 Å². The van der Waals surface area contributed by atoms with Gasteiger partial charge in [-0.05, 0) is 37.1 Å². The van der Waals surface area contributed by atoms with E-state index in [1.807, 2.05) is 0 Å². The molecular weight excluding hydrogens is 256 g/mol. The van der Waals surface area contributed by atoms with Crippen LogP contribution >= 0.6 is 0 Å². The smallest absolute Gasteiger partial charge is 0.387 e. The summed E-state index contributed by atoms with van der Waals surface area (Å²) in [5.74, 6) is -0.174. The summed E-state index contributed by atoms with van der Waals surface area (Å²) in [6, 6.07) is 5.43. The number of carbonyl (C=O) groups excluding carboxylic acids is 1. The van der Waals surface area contributed by atoms with Crippen LogP contribution in [0.3, 0.4) is 0 Å². The van der Waals surface area contributed by atoms with Gasteiger partial charge < -0.3 is 14.7 Å². The molecule has 6 heteroatoms. The number of aliphatic hydroxyl groups is 1. The maximum atomic E-state index is 12.2. The number of aliphatic hydroxyl groups excluding tert-OH is 1. The first-order valence-electron chi connectivity index (χ1n) is 6.08. The van der Waals surface area contributed by atoms with Crippen LogP contribution in [0.25, 0.3) is 0 Å². The number of amides is 1. The third-order valence-electron chi connectivity index (χ3n) is 3.18. The zero-order valence-corrected chi connectivity index (χ0v) is 10.3. The Morgan fingerprint density at radius 1 is 1.42 bits per heavy atom. The Kier molecular flexibility index (Phi) is 4.31. The molecule has 1 unspecified atom stereocenters. The Morgan fingerprint density at radius 3 is 2.68 bits per heavy atom. The van der Waals surface area contributed by atoms with Crippen molar-refractivity contribution in [1.82, 2.24) is 4.90 Å². The highest BCUT2D eigenvalue weighted by molar-refractivity contribution is 5.94. The molecule has 1 aliphatic rings. The average Bonchev–Trinajstić information content (AvgIpc) is 2.86. The van der Waals surface area contributed by atoms with E-state index in [0.29, 0.717) is 12.1 Å². The van der Waals surface area contributed by atoms with Gasteiger partial charge in [0.25, 0.3) is 5.91 Å². The highest BCUT2D eigenvalue weighted by atomic mass is 19.3. The first-order chi connectivity index (χ1) is 9.11. The number of halogens is 2. The molecule has 0 saturated carbocycles. The quantitative estimate of drug-likeness (QED) is 0.909. The van der Waals surface area contributed by atoms with Crippen LogP contribution in [0.1, 0.15) is 23.2 Å². The van der Waals surface area contributed by atoms with Gasteiger partial charge in [0.15, 0.2) is 0 Å². The van der Waals surface area contributed by atoms with Gasteiger partial charge in [0.1, 0.15) is 5.75 Å². The molecule has 0 aliphatic carbocycles. The molecule has 1 heterocycles. The van der Waals surface area contributed by atoms with Crippen LogP contribution in [0, 0.1) is 0 Å². The molecule has 0 spiro atoms. The van der Waals surface area contributed by atoms with E-state index in [1.54, 1.807) is 4.90 Å². The number of rotatable bonds is 4. The van der Waals surface area contributed by atoms with Gasteiger partial charge in [0.2, 0.25) is 0 Å². The normalized spacial score (nSPS) is 18.9. The second-order valence-electron chi connectivity index (χ2n) is 4.38. The average molecular weight is 271 g/mol. The SMILES string of the molecule is O=C(c1ccc(OC(F)F)cc1)N1CCCC1CO. The predicted octanol–water partition coefficient (Wildman–Crippen LogP) is 1.88. The fraction of sp³-hybridized carbons (Fsp3) is 0.462. The maximum absolute atomic E-state index is 12.2. The zero-order valence-electron chi connectivity index (χ0n) is 10.3. The molecule has 1 N–H and O–H groups in total. The van der Waals surface area contributed by atoms with Crippen molar-refractivity contribution in [3.8, 4) is 5.75 Å². The fourth-order valence-corrected chi connectivity index (χ4v) is 2.24. The minimum absolute atomic E-state index is 0.0201. The number of ether oxygens (including phenoxy) is 1. The lowest BCUT2D eigenvalue weighted by Gasteiger charge is -2.23. The van der Waals surface area contributed by atoms with Gasteiger partial charge in [-0.2, -0.15) is 8.78 Å². The highest BCUT2D eigenvalue weighted by Crippen LogP contribution is 2.21. The standard InChI is InChI=1S/C13H15F2NO3/c14-13(15)19-11-5-3-9(4-6-11)12(18)16-7-1-2-10(16)8-17/h3-6,10,13,17H,1-2,7-8H2. The summed E-state index contributed by atoms with van der Waals surface area (Å²) >= 11 is 0.